The summed E-state index contributed by atoms with van der Waals surface area (Å²) >= 11 is 1.63. The molecule has 0 saturated carbocycles. The third kappa shape index (κ3) is 2.51. The van der Waals surface area contributed by atoms with E-state index in [9.17, 15) is 0 Å². The van der Waals surface area contributed by atoms with Crippen LogP contribution in [0.25, 0.3) is 0 Å². The van der Waals surface area contributed by atoms with Crippen LogP contribution < -0.4 is 4.90 Å². The maximum absolute atomic E-state index is 8.47. The number of hydrogen-bond donors (Lipinski definition) is 2. The van der Waals surface area contributed by atoms with Crippen molar-refractivity contribution >= 4 is 33.7 Å². The number of aryl methyl sites for hydroxylation is 1. The van der Waals surface area contributed by atoms with Crippen LogP contribution in [-0.2, 0) is 0 Å². The van der Waals surface area contributed by atoms with Gasteiger partial charge in [0.25, 0.3) is 0 Å². The zero-order chi connectivity index (χ0) is 16.7. The van der Waals surface area contributed by atoms with Crippen molar-refractivity contribution in [3.8, 4) is 0 Å². The lowest BCUT2D eigenvalue weighted by molar-refractivity contribution is 0.951. The van der Waals surface area contributed by atoms with Gasteiger partial charge in [-0.2, -0.15) is 0 Å². The summed E-state index contributed by atoms with van der Waals surface area (Å²) in [6.45, 7) is 7.82. The van der Waals surface area contributed by atoms with E-state index in [1.165, 1.54) is 10.4 Å². The Morgan fingerprint density at radius 3 is 2.48 bits per heavy atom. The zero-order valence-electron chi connectivity index (χ0n) is 13.8. The summed E-state index contributed by atoms with van der Waals surface area (Å²) in [4.78, 5) is 7.76. The van der Waals surface area contributed by atoms with E-state index < -0.39 is 0 Å². The second-order valence-electron chi connectivity index (χ2n) is 5.79. The molecule has 1 aromatic carbocycles. The highest BCUT2D eigenvalue weighted by Crippen LogP contribution is 2.39. The van der Waals surface area contributed by atoms with E-state index in [4.69, 9.17) is 15.8 Å². The lowest BCUT2D eigenvalue weighted by Crippen LogP contribution is -2.38. The molecule has 23 heavy (non-hydrogen) atoms. The molecular weight excluding hydrogens is 304 g/mol. The Kier molecular flexibility index (Phi) is 3.90. The number of fused-ring (bicyclic) bond motifs is 1. The molecule has 1 unspecified atom stereocenters. The summed E-state index contributed by atoms with van der Waals surface area (Å²) in [5, 5.41) is 17.5. The fourth-order valence-electron chi connectivity index (χ4n) is 2.81. The summed E-state index contributed by atoms with van der Waals surface area (Å²) in [5.41, 5.74) is 4.21. The molecule has 4 nitrogen and oxygen atoms in total. The first-order valence-electron chi connectivity index (χ1n) is 7.59. The molecule has 3 rings (SSSR count). The van der Waals surface area contributed by atoms with E-state index in [-0.39, 0.29) is 6.04 Å². The number of aliphatic imine (C=N–C) groups is 1. The number of nitrogens with zero attached hydrogens (tertiary/aromatic N) is 2. The summed E-state index contributed by atoms with van der Waals surface area (Å²) < 4.78 is 0. The molecule has 1 aromatic heterocycles. The molecule has 2 N–H and O–H groups in total. The molecule has 0 saturated heterocycles. The van der Waals surface area contributed by atoms with Crippen LogP contribution in [0.2, 0.25) is 0 Å². The average Bonchev–Trinajstić information content (AvgIpc) is 2.74. The molecule has 0 radical (unpaired) electrons. The van der Waals surface area contributed by atoms with Gasteiger partial charge in [0.1, 0.15) is 22.7 Å². The van der Waals surface area contributed by atoms with Gasteiger partial charge in [-0.3, -0.25) is 20.7 Å². The molecule has 1 aliphatic heterocycles. The minimum atomic E-state index is -0.287. The van der Waals surface area contributed by atoms with Crippen LogP contribution in [0.5, 0.6) is 0 Å². The van der Waals surface area contributed by atoms with Gasteiger partial charge >= 0.3 is 0 Å². The number of amidine groups is 2. The first kappa shape index (κ1) is 15.6. The van der Waals surface area contributed by atoms with E-state index >= 15 is 0 Å². The third-order valence-corrected chi connectivity index (χ3v) is 5.34. The van der Waals surface area contributed by atoms with Crippen LogP contribution in [0.3, 0.4) is 0 Å². The van der Waals surface area contributed by atoms with E-state index in [0.717, 1.165) is 21.8 Å². The smallest absolute Gasteiger partial charge is 0.132 e. The second kappa shape index (κ2) is 5.74. The van der Waals surface area contributed by atoms with E-state index in [0.29, 0.717) is 11.7 Å². The Balaban J connectivity index is 2.33. The van der Waals surface area contributed by atoms with Crippen molar-refractivity contribution in [3.63, 3.8) is 0 Å². The molecular formula is C18H20N4S. The van der Waals surface area contributed by atoms with Gasteiger partial charge in [-0.05, 0) is 33.3 Å². The highest BCUT2D eigenvalue weighted by atomic mass is 32.1. The predicted octanol–water partition coefficient (Wildman–Crippen LogP) is 4.39. The maximum Gasteiger partial charge on any atom is 0.132 e. The number of benzene rings is 1. The van der Waals surface area contributed by atoms with Crippen LogP contribution >= 0.6 is 11.3 Å². The highest BCUT2D eigenvalue weighted by molar-refractivity contribution is 7.17. The monoisotopic (exact) mass is 324 g/mol. The van der Waals surface area contributed by atoms with Crippen molar-refractivity contribution in [2.75, 3.05) is 4.90 Å². The summed E-state index contributed by atoms with van der Waals surface area (Å²) in [5.74, 6) is 0.708. The molecule has 2 heterocycles. The highest BCUT2D eigenvalue weighted by Gasteiger charge is 2.31. The maximum atomic E-state index is 8.47. The van der Waals surface area contributed by atoms with Crippen molar-refractivity contribution in [1.29, 1.82) is 10.8 Å². The lowest BCUT2D eigenvalue weighted by Gasteiger charge is -2.23. The summed E-state index contributed by atoms with van der Waals surface area (Å²) in [7, 11) is 0. The van der Waals surface area contributed by atoms with Crippen LogP contribution in [0.15, 0.2) is 35.3 Å². The molecule has 0 bridgehead atoms. The Hall–Kier alpha value is -2.27. The largest absolute Gasteiger partial charge is 0.288 e. The van der Waals surface area contributed by atoms with Gasteiger partial charge in [0.15, 0.2) is 0 Å². The third-order valence-electron chi connectivity index (χ3n) is 4.15. The molecule has 2 aromatic rings. The van der Waals surface area contributed by atoms with Gasteiger partial charge in [-0.1, -0.05) is 30.3 Å². The fourth-order valence-corrected chi connectivity index (χ4v) is 4.03. The minimum absolute atomic E-state index is 0.287. The Labute approximate surface area is 140 Å². The average molecular weight is 324 g/mol. The molecule has 118 valence electrons. The Morgan fingerprint density at radius 1 is 1.22 bits per heavy atom. The minimum Gasteiger partial charge on any atom is -0.288 e. The van der Waals surface area contributed by atoms with E-state index in [1.54, 1.807) is 23.2 Å². The van der Waals surface area contributed by atoms with Crippen molar-refractivity contribution in [3.05, 3.63) is 51.9 Å². The molecule has 0 aliphatic carbocycles. The van der Waals surface area contributed by atoms with Gasteiger partial charge in [-0.15, -0.1) is 11.3 Å². The van der Waals surface area contributed by atoms with E-state index in [1.807, 2.05) is 25.1 Å². The quantitative estimate of drug-likeness (QED) is 0.593. The lowest BCUT2D eigenvalue weighted by atomic mass is 10.00. The number of thiophene rings is 1. The normalized spacial score (nSPS) is 17.6. The van der Waals surface area contributed by atoms with Crippen LogP contribution in [0.1, 0.15) is 35.4 Å². The van der Waals surface area contributed by atoms with Gasteiger partial charge in [0, 0.05) is 16.0 Å². The van der Waals surface area contributed by atoms with Crippen LogP contribution in [0, 0.1) is 24.7 Å². The number of nitrogens with one attached hydrogen (secondary N) is 2. The SMILES string of the molecule is CC(=N)N1C(=N)C(C)N=C(c2ccccc2)c2c1sc(C)c2C. The molecule has 0 spiro atoms. The van der Waals surface area contributed by atoms with E-state index in [2.05, 4.69) is 26.0 Å². The summed E-state index contributed by atoms with van der Waals surface area (Å²) in [6, 6.07) is 9.83. The molecule has 1 atom stereocenters. The van der Waals surface area contributed by atoms with Crippen molar-refractivity contribution in [2.24, 2.45) is 4.99 Å². The predicted molar refractivity (Wildman–Crippen MR) is 98.9 cm³/mol. The number of anilines is 1. The van der Waals surface area contributed by atoms with Crippen molar-refractivity contribution in [2.45, 2.75) is 33.7 Å². The zero-order valence-corrected chi connectivity index (χ0v) is 14.6. The molecule has 0 fully saturated rings. The molecule has 5 heteroatoms. The first-order valence-corrected chi connectivity index (χ1v) is 8.40. The Morgan fingerprint density at radius 2 is 1.87 bits per heavy atom. The standard InChI is InChI=1S/C18H20N4S/c1-10-12(3)23-18-15(10)16(14-8-6-5-7-9-14)21-11(2)17(20)22(18)13(4)19/h5-9,11,19-20H,1-4H3. The summed E-state index contributed by atoms with van der Waals surface area (Å²) in [6.07, 6.45) is 0. The fraction of sp³-hybridized carbons (Fsp3) is 0.278. The van der Waals surface area contributed by atoms with Crippen molar-refractivity contribution < 1.29 is 0 Å². The second-order valence-corrected chi connectivity index (χ2v) is 6.99. The van der Waals surface area contributed by atoms with Gasteiger partial charge in [0.2, 0.25) is 0 Å². The van der Waals surface area contributed by atoms with Crippen LogP contribution in [-0.4, -0.2) is 23.4 Å². The van der Waals surface area contributed by atoms with Gasteiger partial charge < -0.3 is 0 Å². The van der Waals surface area contributed by atoms with Crippen molar-refractivity contribution in [1.82, 2.24) is 0 Å². The van der Waals surface area contributed by atoms with Gasteiger partial charge in [0.05, 0.1) is 5.71 Å². The van der Waals surface area contributed by atoms with Gasteiger partial charge in [-0.25, -0.2) is 0 Å². The number of hydrogen-bond acceptors (Lipinski definition) is 4. The first-order chi connectivity index (χ1) is 10.9. The van der Waals surface area contributed by atoms with Crippen LogP contribution in [0.4, 0.5) is 5.00 Å². The number of rotatable bonds is 1. The topological polar surface area (TPSA) is 63.3 Å². The molecule has 1 aliphatic rings. The molecule has 0 amide bonds. The Bertz CT molecular complexity index is 817.